The van der Waals surface area contributed by atoms with Crippen LogP contribution in [0.25, 0.3) is 0 Å². The predicted molar refractivity (Wildman–Crippen MR) is 48.4 cm³/mol. The van der Waals surface area contributed by atoms with E-state index in [1.165, 1.54) is 12.1 Å². The van der Waals surface area contributed by atoms with E-state index in [1.807, 2.05) is 5.43 Å². The Hall–Kier alpha value is -1.33. The first kappa shape index (κ1) is 11.7. The van der Waals surface area contributed by atoms with Crippen LogP contribution in [0.1, 0.15) is 10.4 Å². The number of nitrogens with two attached hydrogens (primary N) is 1. The summed E-state index contributed by atoms with van der Waals surface area (Å²) in [5.74, 6) is 3.03. The number of halogens is 2. The predicted octanol–water partition coefficient (Wildman–Crippen LogP) is 1.23. The SMILES string of the molecule is Cl.NNc1c(F)cccc1C(=O)O. The summed E-state index contributed by atoms with van der Waals surface area (Å²) in [6.07, 6.45) is 0. The molecule has 13 heavy (non-hydrogen) atoms. The first-order valence-electron chi connectivity index (χ1n) is 3.15. The smallest absolute Gasteiger partial charge is 0.337 e. The lowest BCUT2D eigenvalue weighted by Crippen LogP contribution is -2.13. The molecule has 0 aromatic heterocycles. The molecular formula is C7H8ClFN2O2. The molecule has 0 aliphatic carbocycles. The number of rotatable bonds is 2. The Balaban J connectivity index is 0.00000144. The summed E-state index contributed by atoms with van der Waals surface area (Å²) in [5, 5.41) is 8.56. The molecule has 0 radical (unpaired) electrons. The van der Waals surface area contributed by atoms with Crippen molar-refractivity contribution >= 4 is 24.1 Å². The highest BCUT2D eigenvalue weighted by Gasteiger charge is 2.12. The van der Waals surface area contributed by atoms with Gasteiger partial charge in [0, 0.05) is 0 Å². The van der Waals surface area contributed by atoms with Crippen LogP contribution in [0.4, 0.5) is 10.1 Å². The summed E-state index contributed by atoms with van der Waals surface area (Å²) >= 11 is 0. The fourth-order valence-corrected chi connectivity index (χ4v) is 0.849. The molecule has 0 unspecified atom stereocenters. The second-order valence-corrected chi connectivity index (χ2v) is 2.11. The Morgan fingerprint density at radius 1 is 1.54 bits per heavy atom. The van der Waals surface area contributed by atoms with Gasteiger partial charge in [-0.15, -0.1) is 12.4 Å². The first-order valence-corrected chi connectivity index (χ1v) is 3.15. The molecule has 0 saturated heterocycles. The van der Waals surface area contributed by atoms with Crippen molar-refractivity contribution in [1.82, 2.24) is 0 Å². The maximum atomic E-state index is 12.8. The van der Waals surface area contributed by atoms with Crippen LogP contribution in [-0.2, 0) is 0 Å². The fourth-order valence-electron chi connectivity index (χ4n) is 0.849. The number of carbonyl (C=O) groups is 1. The van der Waals surface area contributed by atoms with E-state index in [-0.39, 0.29) is 23.7 Å². The van der Waals surface area contributed by atoms with Crippen molar-refractivity contribution in [1.29, 1.82) is 0 Å². The highest BCUT2D eigenvalue weighted by molar-refractivity contribution is 5.94. The molecule has 4 N–H and O–H groups in total. The molecule has 72 valence electrons. The number of aromatic carboxylic acids is 1. The molecule has 0 saturated carbocycles. The zero-order valence-electron chi connectivity index (χ0n) is 6.45. The Labute approximate surface area is 79.9 Å². The zero-order valence-corrected chi connectivity index (χ0v) is 7.27. The normalized spacial score (nSPS) is 8.77. The van der Waals surface area contributed by atoms with Crippen LogP contribution in [0.2, 0.25) is 0 Å². The molecule has 4 nitrogen and oxygen atoms in total. The summed E-state index contributed by atoms with van der Waals surface area (Å²) in [4.78, 5) is 10.5. The van der Waals surface area contributed by atoms with E-state index in [1.54, 1.807) is 0 Å². The van der Waals surface area contributed by atoms with Crippen LogP contribution < -0.4 is 11.3 Å². The van der Waals surface area contributed by atoms with Gasteiger partial charge in [-0.2, -0.15) is 0 Å². The maximum Gasteiger partial charge on any atom is 0.337 e. The largest absolute Gasteiger partial charge is 0.478 e. The van der Waals surface area contributed by atoms with E-state index >= 15 is 0 Å². The molecule has 1 rings (SSSR count). The number of hydrogen-bond acceptors (Lipinski definition) is 3. The van der Waals surface area contributed by atoms with Crippen molar-refractivity contribution in [2.24, 2.45) is 5.84 Å². The minimum Gasteiger partial charge on any atom is -0.478 e. The third kappa shape index (κ3) is 2.30. The maximum absolute atomic E-state index is 12.8. The Bertz CT molecular complexity index is 319. The van der Waals surface area contributed by atoms with Gasteiger partial charge in [-0.1, -0.05) is 6.07 Å². The molecule has 1 aromatic rings. The molecule has 6 heteroatoms. The van der Waals surface area contributed by atoms with Crippen molar-refractivity contribution in [2.45, 2.75) is 0 Å². The Morgan fingerprint density at radius 3 is 2.54 bits per heavy atom. The molecular weight excluding hydrogens is 199 g/mol. The molecule has 0 amide bonds. The van der Waals surface area contributed by atoms with Crippen LogP contribution in [0.3, 0.4) is 0 Å². The van der Waals surface area contributed by atoms with Gasteiger partial charge in [-0.05, 0) is 12.1 Å². The molecule has 1 aromatic carbocycles. The topological polar surface area (TPSA) is 75.3 Å². The quantitative estimate of drug-likeness (QED) is 0.503. The lowest BCUT2D eigenvalue weighted by Gasteiger charge is -2.04. The van der Waals surface area contributed by atoms with E-state index in [9.17, 15) is 9.18 Å². The first-order chi connectivity index (χ1) is 5.66. The van der Waals surface area contributed by atoms with Gasteiger partial charge in [0.1, 0.15) is 5.82 Å². The van der Waals surface area contributed by atoms with E-state index in [0.717, 1.165) is 6.07 Å². The minimum absolute atomic E-state index is 0. The molecule has 0 spiro atoms. The third-order valence-electron chi connectivity index (χ3n) is 1.39. The van der Waals surface area contributed by atoms with E-state index in [4.69, 9.17) is 10.9 Å². The number of carboxylic acids is 1. The van der Waals surface area contributed by atoms with E-state index in [2.05, 4.69) is 0 Å². The van der Waals surface area contributed by atoms with Crippen LogP contribution in [0, 0.1) is 5.82 Å². The second-order valence-electron chi connectivity index (χ2n) is 2.11. The summed E-state index contributed by atoms with van der Waals surface area (Å²) in [7, 11) is 0. The van der Waals surface area contributed by atoms with Crippen molar-refractivity contribution < 1.29 is 14.3 Å². The van der Waals surface area contributed by atoms with E-state index < -0.39 is 11.8 Å². The molecule has 0 aliphatic heterocycles. The summed E-state index contributed by atoms with van der Waals surface area (Å²) < 4.78 is 12.8. The van der Waals surface area contributed by atoms with Gasteiger partial charge in [-0.25, -0.2) is 9.18 Å². The lowest BCUT2D eigenvalue weighted by molar-refractivity contribution is 0.0697. The average molecular weight is 207 g/mol. The fraction of sp³-hybridized carbons (Fsp3) is 0. The highest BCUT2D eigenvalue weighted by atomic mass is 35.5. The third-order valence-corrected chi connectivity index (χ3v) is 1.39. The van der Waals surface area contributed by atoms with Crippen LogP contribution in [0.5, 0.6) is 0 Å². The number of anilines is 1. The van der Waals surface area contributed by atoms with Crippen molar-refractivity contribution in [3.05, 3.63) is 29.6 Å². The number of nitrogens with one attached hydrogen (secondary N) is 1. The monoisotopic (exact) mass is 206 g/mol. The highest BCUT2D eigenvalue weighted by Crippen LogP contribution is 2.17. The van der Waals surface area contributed by atoms with Gasteiger partial charge in [-0.3, -0.25) is 5.84 Å². The van der Waals surface area contributed by atoms with Gasteiger partial charge < -0.3 is 10.5 Å². The van der Waals surface area contributed by atoms with Crippen molar-refractivity contribution in [2.75, 3.05) is 5.43 Å². The molecule has 0 atom stereocenters. The number of carboxylic acid groups (broad SMARTS) is 1. The van der Waals surface area contributed by atoms with Gasteiger partial charge >= 0.3 is 5.97 Å². The summed E-state index contributed by atoms with van der Waals surface area (Å²) in [6, 6.07) is 3.70. The molecule has 0 fully saturated rings. The standard InChI is InChI=1S/C7H7FN2O2.ClH/c8-5-3-1-2-4(7(11)12)6(5)10-9;/h1-3,10H,9H2,(H,11,12);1H. The number of hydrogen-bond donors (Lipinski definition) is 3. The number of hydrazine groups is 1. The second kappa shape index (κ2) is 4.64. The van der Waals surface area contributed by atoms with Crippen LogP contribution in [-0.4, -0.2) is 11.1 Å². The van der Waals surface area contributed by atoms with Gasteiger partial charge in [0.2, 0.25) is 0 Å². The molecule has 0 heterocycles. The summed E-state index contributed by atoms with van der Waals surface area (Å²) in [6.45, 7) is 0. The minimum atomic E-state index is -1.22. The average Bonchev–Trinajstić information content (AvgIpc) is 2.03. The Kier molecular flexibility index (Phi) is 4.16. The molecule has 0 aliphatic rings. The van der Waals surface area contributed by atoms with Crippen LogP contribution >= 0.6 is 12.4 Å². The van der Waals surface area contributed by atoms with Gasteiger partial charge in [0.05, 0.1) is 11.3 Å². The van der Waals surface area contributed by atoms with Crippen molar-refractivity contribution in [3.8, 4) is 0 Å². The van der Waals surface area contributed by atoms with Crippen molar-refractivity contribution in [3.63, 3.8) is 0 Å². The van der Waals surface area contributed by atoms with Crippen LogP contribution in [0.15, 0.2) is 18.2 Å². The van der Waals surface area contributed by atoms with E-state index in [0.29, 0.717) is 0 Å². The number of para-hydroxylation sites is 1. The zero-order chi connectivity index (χ0) is 9.14. The molecule has 0 bridgehead atoms. The lowest BCUT2D eigenvalue weighted by atomic mass is 10.2. The van der Waals surface area contributed by atoms with Gasteiger partial charge in [0.15, 0.2) is 0 Å². The number of nitrogen functional groups attached to an aromatic ring is 1. The van der Waals surface area contributed by atoms with Gasteiger partial charge in [0.25, 0.3) is 0 Å². The summed E-state index contributed by atoms with van der Waals surface area (Å²) in [5.41, 5.74) is 1.60. The Morgan fingerprint density at radius 2 is 2.15 bits per heavy atom. The number of benzene rings is 1.